The average molecular weight is 466 g/mol. The highest BCUT2D eigenvalue weighted by atomic mass is 35.5. The van der Waals surface area contributed by atoms with Gasteiger partial charge < -0.3 is 4.74 Å². The molecule has 2 aliphatic rings. The van der Waals surface area contributed by atoms with Crippen molar-refractivity contribution in [2.24, 2.45) is 11.8 Å². The zero-order valence-corrected chi connectivity index (χ0v) is 20.0. The molecular formula is C23H32ClN3O3S. The first-order chi connectivity index (χ1) is 14.3. The maximum Gasteiger partial charge on any atom is 0.242 e. The van der Waals surface area contributed by atoms with Crippen molar-refractivity contribution < 1.29 is 13.2 Å². The molecular weight excluding hydrogens is 434 g/mol. The fraction of sp³-hybridized carbons (Fsp3) is 0.478. The lowest BCUT2D eigenvalue weighted by molar-refractivity contribution is 0.0920. The Morgan fingerprint density at radius 3 is 2.58 bits per heavy atom. The van der Waals surface area contributed by atoms with Gasteiger partial charge in [0.1, 0.15) is 11.9 Å². The molecule has 2 aromatic carbocycles. The summed E-state index contributed by atoms with van der Waals surface area (Å²) in [7, 11) is -0.374. The lowest BCUT2D eigenvalue weighted by Gasteiger charge is -2.39. The van der Waals surface area contributed by atoms with Gasteiger partial charge >= 0.3 is 0 Å². The molecule has 1 fully saturated rings. The number of fused-ring (bicyclic) bond motifs is 1. The van der Waals surface area contributed by atoms with Gasteiger partial charge in [-0.15, -0.1) is 12.4 Å². The van der Waals surface area contributed by atoms with Crippen LogP contribution < -0.4 is 10.6 Å². The highest BCUT2D eigenvalue weighted by Gasteiger charge is 2.34. The van der Waals surface area contributed by atoms with Gasteiger partial charge in [-0.1, -0.05) is 30.3 Å². The fourth-order valence-electron chi connectivity index (χ4n) is 4.80. The Morgan fingerprint density at radius 2 is 1.90 bits per heavy atom. The molecule has 170 valence electrons. The van der Waals surface area contributed by atoms with Crippen LogP contribution in [0.5, 0.6) is 5.75 Å². The Balaban J connectivity index is 0.00000272. The van der Waals surface area contributed by atoms with Gasteiger partial charge in [-0.3, -0.25) is 5.84 Å². The highest BCUT2D eigenvalue weighted by Crippen LogP contribution is 2.41. The predicted molar refractivity (Wildman–Crippen MR) is 125 cm³/mol. The minimum Gasteiger partial charge on any atom is -0.490 e. The van der Waals surface area contributed by atoms with Crippen LogP contribution in [0.3, 0.4) is 0 Å². The molecule has 2 N–H and O–H groups in total. The summed E-state index contributed by atoms with van der Waals surface area (Å²) >= 11 is 0. The third-order valence-electron chi connectivity index (χ3n) is 6.24. The Kier molecular flexibility index (Phi) is 7.33. The number of nitrogens with zero attached hydrogens (tertiary/aromatic N) is 2. The largest absolute Gasteiger partial charge is 0.490 e. The van der Waals surface area contributed by atoms with E-state index in [0.717, 1.165) is 49.1 Å². The Labute approximate surface area is 191 Å². The van der Waals surface area contributed by atoms with Crippen molar-refractivity contribution in [1.82, 2.24) is 9.31 Å². The third-order valence-corrected chi connectivity index (χ3v) is 8.03. The molecule has 0 bridgehead atoms. The van der Waals surface area contributed by atoms with Crippen molar-refractivity contribution in [3.63, 3.8) is 0 Å². The molecule has 3 atom stereocenters. The zero-order valence-electron chi connectivity index (χ0n) is 18.3. The number of ether oxygens (including phenoxy) is 1. The number of piperidine rings is 1. The molecule has 0 saturated carbocycles. The number of sulfonamides is 1. The van der Waals surface area contributed by atoms with Crippen molar-refractivity contribution >= 4 is 22.4 Å². The van der Waals surface area contributed by atoms with Gasteiger partial charge in [0.2, 0.25) is 10.0 Å². The van der Waals surface area contributed by atoms with Crippen LogP contribution in [0.4, 0.5) is 0 Å². The van der Waals surface area contributed by atoms with E-state index in [0.29, 0.717) is 4.90 Å². The number of benzene rings is 2. The number of hydrazine groups is 1. The van der Waals surface area contributed by atoms with E-state index in [1.54, 1.807) is 20.2 Å². The number of rotatable bonds is 5. The summed E-state index contributed by atoms with van der Waals surface area (Å²) in [4.78, 5) is 0.343. The normalized spacial score (nSPS) is 23.8. The molecule has 0 amide bonds. The van der Waals surface area contributed by atoms with Gasteiger partial charge in [0.25, 0.3) is 0 Å². The highest BCUT2D eigenvalue weighted by molar-refractivity contribution is 7.89. The summed E-state index contributed by atoms with van der Waals surface area (Å²) in [6, 6.07) is 14.0. The number of nitrogens with two attached hydrogens (primary N) is 1. The summed E-state index contributed by atoms with van der Waals surface area (Å²) < 4.78 is 33.1. The van der Waals surface area contributed by atoms with Crippen molar-refractivity contribution in [2.75, 3.05) is 20.6 Å². The molecule has 2 heterocycles. The molecule has 4 rings (SSSR count). The second-order valence-electron chi connectivity index (χ2n) is 8.69. The third kappa shape index (κ3) is 4.76. The van der Waals surface area contributed by atoms with E-state index in [2.05, 4.69) is 12.1 Å². The molecule has 1 unspecified atom stereocenters. The zero-order chi connectivity index (χ0) is 21.5. The van der Waals surface area contributed by atoms with Crippen LogP contribution in [0.2, 0.25) is 0 Å². The Bertz CT molecular complexity index is 1010. The molecule has 1 saturated heterocycles. The Hall–Kier alpha value is -1.64. The SMILES string of the molecule is C[C@H]1Cc2cc(S(=O)(=O)N(C)C)cc(C[C@@H]3CCCN(N)C3c3ccccc3)c2O1.Cl. The van der Waals surface area contributed by atoms with Gasteiger partial charge in [0.05, 0.1) is 10.9 Å². The van der Waals surface area contributed by atoms with Gasteiger partial charge in [-0.2, -0.15) is 0 Å². The molecule has 0 aliphatic carbocycles. The predicted octanol–water partition coefficient (Wildman–Crippen LogP) is 3.55. The van der Waals surface area contributed by atoms with Crippen molar-refractivity contribution in [3.05, 3.63) is 59.2 Å². The summed E-state index contributed by atoms with van der Waals surface area (Å²) in [6.45, 7) is 2.88. The minimum atomic E-state index is -3.51. The lowest BCUT2D eigenvalue weighted by Crippen LogP contribution is -2.44. The monoisotopic (exact) mass is 465 g/mol. The molecule has 0 spiro atoms. The minimum absolute atomic E-state index is 0. The van der Waals surface area contributed by atoms with Crippen LogP contribution in [-0.2, 0) is 22.9 Å². The summed E-state index contributed by atoms with van der Waals surface area (Å²) in [6.07, 6.45) is 3.59. The molecule has 31 heavy (non-hydrogen) atoms. The van der Waals surface area contributed by atoms with Crippen molar-refractivity contribution in [1.29, 1.82) is 0 Å². The summed E-state index contributed by atoms with van der Waals surface area (Å²) in [5, 5.41) is 1.94. The van der Waals surface area contributed by atoms with Gasteiger partial charge in [0, 0.05) is 27.1 Å². The summed E-state index contributed by atoms with van der Waals surface area (Å²) in [5.41, 5.74) is 3.16. The van der Waals surface area contributed by atoms with E-state index >= 15 is 0 Å². The Morgan fingerprint density at radius 1 is 1.19 bits per heavy atom. The van der Waals surface area contributed by atoms with Crippen LogP contribution in [0.25, 0.3) is 0 Å². The van der Waals surface area contributed by atoms with Crippen molar-refractivity contribution in [2.45, 2.75) is 49.6 Å². The molecule has 0 radical (unpaired) electrons. The molecule has 8 heteroatoms. The number of halogens is 1. The first-order valence-corrected chi connectivity index (χ1v) is 12.0. The quantitative estimate of drug-likeness (QED) is 0.683. The molecule has 2 aromatic rings. The number of hydrogen-bond acceptors (Lipinski definition) is 5. The first kappa shape index (κ1) is 24.0. The van der Waals surface area contributed by atoms with E-state index in [1.807, 2.05) is 36.2 Å². The van der Waals surface area contributed by atoms with E-state index < -0.39 is 10.0 Å². The van der Waals surface area contributed by atoms with Gasteiger partial charge in [0.15, 0.2) is 0 Å². The number of hydrogen-bond donors (Lipinski definition) is 1. The summed E-state index contributed by atoms with van der Waals surface area (Å²) in [5.74, 6) is 7.57. The standard InChI is InChI=1S/C23H31N3O3S.ClH/c1-16-12-19-14-21(30(27,28)25(2)3)15-20(23(19)29-16)13-18-10-7-11-26(24)22(18)17-8-5-4-6-9-17;/h4-6,8-9,14-16,18,22H,7,10-13,24H2,1-3H3;1H/t16-,18-,22?;/m0./s1. The van der Waals surface area contributed by atoms with Gasteiger partial charge in [-0.25, -0.2) is 17.7 Å². The smallest absolute Gasteiger partial charge is 0.242 e. The van der Waals surface area contributed by atoms with Crippen LogP contribution in [0, 0.1) is 5.92 Å². The molecule has 6 nitrogen and oxygen atoms in total. The molecule has 0 aromatic heterocycles. The van der Waals surface area contributed by atoms with Crippen LogP contribution in [0.1, 0.15) is 42.5 Å². The maximum atomic E-state index is 12.9. The van der Waals surface area contributed by atoms with E-state index in [1.165, 1.54) is 9.87 Å². The lowest BCUT2D eigenvalue weighted by atomic mass is 9.81. The van der Waals surface area contributed by atoms with E-state index in [-0.39, 0.29) is 30.5 Å². The first-order valence-electron chi connectivity index (χ1n) is 10.6. The van der Waals surface area contributed by atoms with Gasteiger partial charge in [-0.05, 0) is 60.9 Å². The van der Waals surface area contributed by atoms with Crippen molar-refractivity contribution in [3.8, 4) is 5.75 Å². The average Bonchev–Trinajstić information content (AvgIpc) is 3.09. The maximum absolute atomic E-state index is 12.9. The van der Waals surface area contributed by atoms with Crippen LogP contribution in [-0.4, -0.2) is 44.5 Å². The second-order valence-corrected chi connectivity index (χ2v) is 10.8. The fourth-order valence-corrected chi connectivity index (χ4v) is 5.81. The molecule has 2 aliphatic heterocycles. The second kappa shape index (κ2) is 9.46. The van der Waals surface area contributed by atoms with Crippen LogP contribution in [0.15, 0.2) is 47.4 Å². The topological polar surface area (TPSA) is 75.9 Å². The van der Waals surface area contributed by atoms with Crippen LogP contribution >= 0.6 is 12.4 Å². The van der Waals surface area contributed by atoms with E-state index in [9.17, 15) is 8.42 Å². The van der Waals surface area contributed by atoms with E-state index in [4.69, 9.17) is 10.6 Å².